The Bertz CT molecular complexity index is 1010. The third-order valence-electron chi connectivity index (χ3n) is 10.1. The zero-order chi connectivity index (χ0) is 24.1. The maximum atomic E-state index is 12.7. The molecule has 184 valence electrons. The van der Waals surface area contributed by atoms with Crippen molar-refractivity contribution in [3.63, 3.8) is 0 Å². The smallest absolute Gasteiger partial charge is 0.302 e. The Hall–Kier alpha value is -1.69. The molecular formula is C28H37BrN2O3. The van der Waals surface area contributed by atoms with Gasteiger partial charge in [0.15, 0.2) is 0 Å². The largest absolute Gasteiger partial charge is 0.463 e. The third kappa shape index (κ3) is 4.14. The van der Waals surface area contributed by atoms with Crippen LogP contribution in [0.1, 0.15) is 88.9 Å². The van der Waals surface area contributed by atoms with Crippen molar-refractivity contribution in [2.24, 2.45) is 39.6 Å². The first-order valence-electron chi connectivity index (χ1n) is 13.0. The molecule has 7 atom stereocenters. The molecule has 4 saturated carbocycles. The predicted molar refractivity (Wildman–Crippen MR) is 136 cm³/mol. The van der Waals surface area contributed by atoms with Gasteiger partial charge in [-0.2, -0.15) is 5.10 Å². The van der Waals surface area contributed by atoms with E-state index in [1.54, 1.807) is 0 Å². The van der Waals surface area contributed by atoms with Crippen LogP contribution in [0.3, 0.4) is 0 Å². The van der Waals surface area contributed by atoms with E-state index in [2.05, 4.69) is 35.2 Å². The number of nitrogens with zero attached hydrogens (tertiary/aromatic N) is 1. The fourth-order valence-corrected chi connectivity index (χ4v) is 8.74. The molecule has 34 heavy (non-hydrogen) atoms. The van der Waals surface area contributed by atoms with Gasteiger partial charge in [-0.3, -0.25) is 9.59 Å². The Labute approximate surface area is 211 Å². The molecule has 1 amide bonds. The van der Waals surface area contributed by atoms with Crippen LogP contribution in [0.25, 0.3) is 0 Å². The Balaban J connectivity index is 1.29. The van der Waals surface area contributed by atoms with Crippen molar-refractivity contribution in [1.82, 2.24) is 5.43 Å². The number of nitrogens with one attached hydrogen (secondary N) is 1. The minimum Gasteiger partial charge on any atom is -0.463 e. The van der Waals surface area contributed by atoms with Gasteiger partial charge in [0.25, 0.3) is 5.91 Å². The van der Waals surface area contributed by atoms with Crippen LogP contribution in [-0.4, -0.2) is 23.7 Å². The molecule has 0 spiro atoms. The number of rotatable bonds is 3. The highest BCUT2D eigenvalue weighted by Crippen LogP contribution is 2.65. The fraction of sp³-hybridized carbons (Fsp3) is 0.679. The standard InChI is InChI=1S/C28H37BrN2O3/c1-17(32)34-21-11-13-27(2)19(16-21)7-8-22-23-9-10-25(28(23,3)14-12-24(22)27)30-31-26(33)18-5-4-6-20(29)15-18/h4-6,15,19,21-24H,7-14,16H2,1-3H3,(H,31,33)/b30-25+/t19-,21-,22-,23-,24-,27-,28-/m0/s1. The van der Waals surface area contributed by atoms with Crippen LogP contribution in [-0.2, 0) is 9.53 Å². The van der Waals surface area contributed by atoms with Gasteiger partial charge < -0.3 is 4.74 Å². The number of halogens is 1. The normalized spacial score (nSPS) is 40.1. The molecule has 1 N–H and O–H groups in total. The number of benzene rings is 1. The number of amides is 1. The lowest BCUT2D eigenvalue weighted by Gasteiger charge is -2.60. The first kappa shape index (κ1) is 24.0. The molecule has 0 bridgehead atoms. The maximum Gasteiger partial charge on any atom is 0.302 e. The summed E-state index contributed by atoms with van der Waals surface area (Å²) >= 11 is 3.44. The third-order valence-corrected chi connectivity index (χ3v) is 10.6. The molecule has 0 unspecified atom stereocenters. The molecule has 4 aliphatic rings. The van der Waals surface area contributed by atoms with Gasteiger partial charge >= 0.3 is 5.97 Å². The van der Waals surface area contributed by atoms with E-state index in [1.807, 2.05) is 24.3 Å². The first-order chi connectivity index (χ1) is 16.2. The monoisotopic (exact) mass is 528 g/mol. The van der Waals surface area contributed by atoms with Crippen LogP contribution >= 0.6 is 15.9 Å². The lowest BCUT2D eigenvalue weighted by Crippen LogP contribution is -2.54. The zero-order valence-electron chi connectivity index (χ0n) is 20.6. The summed E-state index contributed by atoms with van der Waals surface area (Å²) < 4.78 is 6.51. The van der Waals surface area contributed by atoms with E-state index in [-0.39, 0.29) is 23.4 Å². The molecule has 1 aromatic rings. The Kier molecular flexibility index (Phi) is 6.41. The van der Waals surface area contributed by atoms with Crippen LogP contribution in [0.2, 0.25) is 0 Å². The second-order valence-corrected chi connectivity index (χ2v) is 12.6. The summed E-state index contributed by atoms with van der Waals surface area (Å²) in [6, 6.07) is 7.44. The van der Waals surface area contributed by atoms with Gasteiger partial charge in [0.1, 0.15) is 6.10 Å². The quantitative estimate of drug-likeness (QED) is 0.359. The van der Waals surface area contributed by atoms with Gasteiger partial charge in [0.2, 0.25) is 0 Å². The van der Waals surface area contributed by atoms with Crippen LogP contribution in [0.15, 0.2) is 33.8 Å². The van der Waals surface area contributed by atoms with Gasteiger partial charge in [-0.25, -0.2) is 5.43 Å². The number of ether oxygens (including phenoxy) is 1. The molecule has 4 fully saturated rings. The Morgan fingerprint density at radius 2 is 1.91 bits per heavy atom. The van der Waals surface area contributed by atoms with Crippen molar-refractivity contribution in [1.29, 1.82) is 0 Å². The van der Waals surface area contributed by atoms with Crippen molar-refractivity contribution >= 4 is 33.5 Å². The van der Waals surface area contributed by atoms with E-state index in [0.717, 1.165) is 42.0 Å². The summed E-state index contributed by atoms with van der Waals surface area (Å²) in [7, 11) is 0. The predicted octanol–water partition coefficient (Wildman–Crippen LogP) is 6.51. The van der Waals surface area contributed by atoms with Crippen molar-refractivity contribution in [3.05, 3.63) is 34.3 Å². The van der Waals surface area contributed by atoms with Gasteiger partial charge in [0.05, 0.1) is 0 Å². The van der Waals surface area contributed by atoms with Gasteiger partial charge in [-0.05, 0) is 105 Å². The number of fused-ring (bicyclic) bond motifs is 5. The summed E-state index contributed by atoms with van der Waals surface area (Å²) in [5.74, 6) is 2.51. The van der Waals surface area contributed by atoms with Crippen molar-refractivity contribution < 1.29 is 14.3 Å². The van der Waals surface area contributed by atoms with Gasteiger partial charge in [-0.15, -0.1) is 0 Å². The van der Waals surface area contributed by atoms with Gasteiger partial charge in [-0.1, -0.05) is 35.8 Å². The number of hydrogen-bond acceptors (Lipinski definition) is 4. The van der Waals surface area contributed by atoms with Crippen LogP contribution < -0.4 is 5.43 Å². The lowest BCUT2D eigenvalue weighted by atomic mass is 9.45. The molecule has 5 nitrogen and oxygen atoms in total. The van der Waals surface area contributed by atoms with Crippen molar-refractivity contribution in [2.75, 3.05) is 0 Å². The first-order valence-corrected chi connectivity index (χ1v) is 13.8. The van der Waals surface area contributed by atoms with E-state index >= 15 is 0 Å². The number of esters is 1. The van der Waals surface area contributed by atoms with Crippen LogP contribution in [0.4, 0.5) is 0 Å². The van der Waals surface area contributed by atoms with Crippen molar-refractivity contribution in [2.45, 2.75) is 84.7 Å². The summed E-state index contributed by atoms with van der Waals surface area (Å²) in [5, 5.41) is 4.71. The maximum absolute atomic E-state index is 12.7. The van der Waals surface area contributed by atoms with Crippen LogP contribution in [0, 0.1) is 34.5 Å². The molecule has 0 radical (unpaired) electrons. The highest BCUT2D eigenvalue weighted by molar-refractivity contribution is 9.10. The number of carbonyl (C=O) groups excluding carboxylic acids is 2. The molecule has 1 aromatic carbocycles. The molecule has 0 aromatic heterocycles. The topological polar surface area (TPSA) is 67.8 Å². The van der Waals surface area contributed by atoms with E-state index in [9.17, 15) is 9.59 Å². The van der Waals surface area contributed by atoms with E-state index < -0.39 is 0 Å². The van der Waals surface area contributed by atoms with Crippen LogP contribution in [0.5, 0.6) is 0 Å². The summed E-state index contributed by atoms with van der Waals surface area (Å²) in [6.45, 7) is 6.47. The molecule has 0 heterocycles. The average molecular weight is 530 g/mol. The second kappa shape index (κ2) is 9.07. The summed E-state index contributed by atoms with van der Waals surface area (Å²) in [4.78, 5) is 24.2. The van der Waals surface area contributed by atoms with E-state index in [1.165, 1.54) is 44.7 Å². The minimum atomic E-state index is -0.146. The van der Waals surface area contributed by atoms with Gasteiger partial charge in [0, 0.05) is 28.1 Å². The second-order valence-electron chi connectivity index (χ2n) is 11.7. The molecule has 0 aliphatic heterocycles. The van der Waals surface area contributed by atoms with E-state index in [4.69, 9.17) is 9.84 Å². The van der Waals surface area contributed by atoms with Crippen molar-refractivity contribution in [3.8, 4) is 0 Å². The Morgan fingerprint density at radius 3 is 2.68 bits per heavy atom. The molecule has 4 aliphatic carbocycles. The van der Waals surface area contributed by atoms with E-state index in [0.29, 0.717) is 22.8 Å². The molecule has 5 rings (SSSR count). The zero-order valence-corrected chi connectivity index (χ0v) is 22.2. The Morgan fingerprint density at radius 1 is 1.09 bits per heavy atom. The number of carbonyl (C=O) groups is 2. The minimum absolute atomic E-state index is 0.0872. The average Bonchev–Trinajstić information content (AvgIpc) is 3.13. The molecule has 0 saturated heterocycles. The summed E-state index contributed by atoms with van der Waals surface area (Å²) in [6.07, 6.45) is 10.4. The highest BCUT2D eigenvalue weighted by atomic mass is 79.9. The molecule has 6 heteroatoms. The summed E-state index contributed by atoms with van der Waals surface area (Å²) in [5.41, 5.74) is 5.11. The lowest BCUT2D eigenvalue weighted by molar-refractivity contribution is -0.158. The fourth-order valence-electron chi connectivity index (χ4n) is 8.35. The SMILES string of the molecule is CC(=O)O[C@H]1CC[C@@]2(C)[C@@H](CC[C@@H]3[C@@H]2CC[C@]2(C)/C(=N/NC(=O)c4cccc(Br)c4)CC[C@@H]32)C1. The highest BCUT2D eigenvalue weighted by Gasteiger charge is 2.59. The molecular weight excluding hydrogens is 492 g/mol. The number of hydrazone groups is 1. The number of hydrogen-bond donors (Lipinski definition) is 1.